The van der Waals surface area contributed by atoms with Gasteiger partial charge in [0.2, 0.25) is 0 Å². The van der Waals surface area contributed by atoms with Gasteiger partial charge in [-0.25, -0.2) is 9.37 Å². The minimum absolute atomic E-state index is 0.0798. The van der Waals surface area contributed by atoms with Crippen LogP contribution in [-0.2, 0) is 20.7 Å². The lowest BCUT2D eigenvalue weighted by Gasteiger charge is -2.15. The highest BCUT2D eigenvalue weighted by atomic mass is 32.1. The van der Waals surface area contributed by atoms with Crippen molar-refractivity contribution >= 4 is 33.5 Å². The summed E-state index contributed by atoms with van der Waals surface area (Å²) in [6.07, 6.45) is -0.171. The van der Waals surface area contributed by atoms with E-state index in [-0.39, 0.29) is 25.4 Å². The minimum atomic E-state index is -1.09. The summed E-state index contributed by atoms with van der Waals surface area (Å²) in [7, 11) is 0. The van der Waals surface area contributed by atoms with Crippen LogP contribution in [0.1, 0.15) is 28.5 Å². The Balaban J connectivity index is 1.27. The third-order valence-electron chi connectivity index (χ3n) is 5.95. The molecule has 0 saturated heterocycles. The number of fused-ring (bicyclic) bond motifs is 4. The summed E-state index contributed by atoms with van der Waals surface area (Å²) in [6, 6.07) is 20.3. The molecule has 7 heteroatoms. The predicted molar refractivity (Wildman–Crippen MR) is 124 cm³/mol. The first kappa shape index (κ1) is 21.3. The molecule has 1 atom stereocenters. The molecule has 1 heterocycles. The molecule has 5 nitrogen and oxygen atoms in total. The Labute approximate surface area is 193 Å². The van der Waals surface area contributed by atoms with Crippen molar-refractivity contribution in [3.63, 3.8) is 0 Å². The molecule has 0 radical (unpaired) electrons. The minimum Gasteiger partial charge on any atom is -0.481 e. The quantitative estimate of drug-likeness (QED) is 0.372. The summed E-state index contributed by atoms with van der Waals surface area (Å²) in [5, 5.41) is 10.2. The molecule has 1 aliphatic carbocycles. The van der Waals surface area contributed by atoms with Crippen LogP contribution in [0.4, 0.5) is 4.39 Å². The van der Waals surface area contributed by atoms with Crippen LogP contribution in [0.25, 0.3) is 21.3 Å². The van der Waals surface area contributed by atoms with Crippen molar-refractivity contribution in [1.29, 1.82) is 0 Å². The van der Waals surface area contributed by atoms with Crippen LogP contribution in [0, 0.1) is 11.7 Å². The molecular weight excluding hydrogens is 441 g/mol. The number of hydrogen-bond donors (Lipinski definition) is 1. The van der Waals surface area contributed by atoms with Crippen molar-refractivity contribution in [2.24, 2.45) is 5.92 Å². The van der Waals surface area contributed by atoms with Gasteiger partial charge in [-0.1, -0.05) is 48.5 Å². The van der Waals surface area contributed by atoms with E-state index in [1.165, 1.54) is 23.5 Å². The monoisotopic (exact) mass is 461 g/mol. The smallest absolute Gasteiger partial charge is 0.307 e. The number of benzene rings is 3. The van der Waals surface area contributed by atoms with Gasteiger partial charge < -0.3 is 9.84 Å². The normalized spacial score (nSPS) is 13.5. The van der Waals surface area contributed by atoms with Gasteiger partial charge in [0, 0.05) is 18.4 Å². The Morgan fingerprint density at radius 2 is 1.70 bits per heavy atom. The number of aromatic nitrogens is 1. The Morgan fingerprint density at radius 3 is 2.36 bits per heavy atom. The Kier molecular flexibility index (Phi) is 5.64. The van der Waals surface area contributed by atoms with Crippen molar-refractivity contribution in [3.8, 4) is 11.1 Å². The lowest BCUT2D eigenvalue weighted by molar-refractivity contribution is -0.151. The van der Waals surface area contributed by atoms with Gasteiger partial charge in [-0.05, 0) is 34.4 Å². The van der Waals surface area contributed by atoms with Gasteiger partial charge in [-0.3, -0.25) is 9.59 Å². The zero-order valence-corrected chi connectivity index (χ0v) is 18.3. The van der Waals surface area contributed by atoms with Gasteiger partial charge in [-0.15, -0.1) is 11.3 Å². The largest absolute Gasteiger partial charge is 0.481 e. The Morgan fingerprint density at radius 1 is 1.03 bits per heavy atom. The maximum Gasteiger partial charge on any atom is 0.307 e. The molecule has 1 aromatic heterocycles. The highest BCUT2D eigenvalue weighted by Crippen LogP contribution is 2.44. The standard InChI is InChI=1S/C26H20FNO4S/c27-16-9-10-23-22(13-16)28-24(33-23)11-15(26(30)31)12-25(29)32-14-21-19-7-3-1-5-17(19)18-6-2-4-8-20(18)21/h1-10,13,15,21H,11-12,14H2,(H,30,31)/t15-/m1/s1. The second kappa shape index (κ2) is 8.75. The van der Waals surface area contributed by atoms with Crippen molar-refractivity contribution in [2.45, 2.75) is 18.8 Å². The van der Waals surface area contributed by atoms with Gasteiger partial charge in [0.25, 0.3) is 0 Å². The number of rotatable bonds is 7. The molecule has 33 heavy (non-hydrogen) atoms. The molecule has 5 rings (SSSR count). The van der Waals surface area contributed by atoms with Crippen LogP contribution in [0.2, 0.25) is 0 Å². The maximum atomic E-state index is 13.4. The maximum absolute atomic E-state index is 13.4. The summed E-state index contributed by atoms with van der Waals surface area (Å²) in [6.45, 7) is 0.152. The summed E-state index contributed by atoms with van der Waals surface area (Å²) >= 11 is 1.30. The first-order chi connectivity index (χ1) is 16.0. The summed E-state index contributed by atoms with van der Waals surface area (Å²) in [5.74, 6) is -3.09. The number of hydrogen-bond acceptors (Lipinski definition) is 5. The molecule has 0 spiro atoms. The summed E-state index contributed by atoms with van der Waals surface area (Å²) in [4.78, 5) is 28.7. The van der Waals surface area contributed by atoms with Crippen LogP contribution in [-0.4, -0.2) is 28.6 Å². The van der Waals surface area contributed by atoms with Crippen LogP contribution in [0.5, 0.6) is 0 Å². The topological polar surface area (TPSA) is 76.5 Å². The molecular formula is C26H20FNO4S. The van der Waals surface area contributed by atoms with Crippen molar-refractivity contribution in [3.05, 3.63) is 88.7 Å². The number of nitrogens with zero attached hydrogens (tertiary/aromatic N) is 1. The van der Waals surface area contributed by atoms with E-state index in [9.17, 15) is 19.1 Å². The fourth-order valence-electron chi connectivity index (χ4n) is 4.37. The summed E-state index contributed by atoms with van der Waals surface area (Å²) in [5.41, 5.74) is 4.95. The number of ether oxygens (including phenoxy) is 1. The molecule has 0 saturated carbocycles. The zero-order chi connectivity index (χ0) is 22.9. The molecule has 0 bridgehead atoms. The lowest BCUT2D eigenvalue weighted by Crippen LogP contribution is -2.22. The Bertz CT molecular complexity index is 1320. The van der Waals surface area contributed by atoms with Crippen molar-refractivity contribution in [1.82, 2.24) is 4.98 Å². The van der Waals surface area contributed by atoms with E-state index in [1.54, 1.807) is 6.07 Å². The van der Waals surface area contributed by atoms with Gasteiger partial charge in [-0.2, -0.15) is 0 Å². The first-order valence-electron chi connectivity index (χ1n) is 10.6. The molecule has 0 unspecified atom stereocenters. The molecule has 0 aliphatic heterocycles. The fraction of sp³-hybridized carbons (Fsp3) is 0.192. The predicted octanol–water partition coefficient (Wildman–Crippen LogP) is 5.42. The first-order valence-corrected chi connectivity index (χ1v) is 11.4. The van der Waals surface area contributed by atoms with Crippen LogP contribution >= 0.6 is 11.3 Å². The van der Waals surface area contributed by atoms with E-state index >= 15 is 0 Å². The molecule has 3 aromatic carbocycles. The van der Waals surface area contributed by atoms with Gasteiger partial charge in [0.15, 0.2) is 0 Å². The van der Waals surface area contributed by atoms with E-state index in [0.29, 0.717) is 10.5 Å². The number of thiazole rings is 1. The highest BCUT2D eigenvalue weighted by molar-refractivity contribution is 7.18. The third-order valence-corrected chi connectivity index (χ3v) is 7.01. The number of carboxylic acids is 1. The van der Waals surface area contributed by atoms with E-state index in [0.717, 1.165) is 27.0 Å². The van der Waals surface area contributed by atoms with Crippen molar-refractivity contribution in [2.75, 3.05) is 6.61 Å². The average Bonchev–Trinajstić information content (AvgIpc) is 3.35. The number of esters is 1. The van der Waals surface area contributed by atoms with E-state index in [4.69, 9.17) is 4.74 Å². The van der Waals surface area contributed by atoms with E-state index in [2.05, 4.69) is 17.1 Å². The number of carbonyl (C=O) groups excluding carboxylic acids is 1. The molecule has 166 valence electrons. The summed E-state index contributed by atoms with van der Waals surface area (Å²) < 4.78 is 19.8. The van der Waals surface area contributed by atoms with Gasteiger partial charge >= 0.3 is 11.9 Å². The molecule has 1 N–H and O–H groups in total. The molecule has 0 amide bonds. The molecule has 0 fully saturated rings. The number of carboxylic acid groups (broad SMARTS) is 1. The van der Waals surface area contributed by atoms with Gasteiger partial charge in [0.1, 0.15) is 12.4 Å². The fourth-order valence-corrected chi connectivity index (χ4v) is 5.40. The molecule has 1 aliphatic rings. The second-order valence-electron chi connectivity index (χ2n) is 8.07. The molecule has 4 aromatic rings. The van der Waals surface area contributed by atoms with E-state index < -0.39 is 23.7 Å². The lowest BCUT2D eigenvalue weighted by atomic mass is 9.98. The van der Waals surface area contributed by atoms with Gasteiger partial charge in [0.05, 0.1) is 27.6 Å². The second-order valence-corrected chi connectivity index (χ2v) is 9.19. The van der Waals surface area contributed by atoms with Crippen LogP contribution in [0.15, 0.2) is 66.7 Å². The SMILES string of the molecule is O=C(C[C@@H](Cc1nc2cc(F)ccc2s1)C(=O)O)OCC1c2ccccc2-c2ccccc21. The van der Waals surface area contributed by atoms with E-state index in [1.807, 2.05) is 36.4 Å². The highest BCUT2D eigenvalue weighted by Gasteiger charge is 2.30. The third kappa shape index (κ3) is 4.24. The number of carbonyl (C=O) groups is 2. The van der Waals surface area contributed by atoms with Crippen molar-refractivity contribution < 1.29 is 23.8 Å². The number of halogens is 1. The average molecular weight is 462 g/mol. The van der Waals surface area contributed by atoms with Crippen LogP contribution < -0.4 is 0 Å². The zero-order valence-electron chi connectivity index (χ0n) is 17.5. The Hall–Kier alpha value is -3.58. The van der Waals surface area contributed by atoms with Crippen LogP contribution in [0.3, 0.4) is 0 Å². The number of aliphatic carboxylic acids is 1.